The Bertz CT molecular complexity index is 1430. The van der Waals surface area contributed by atoms with Gasteiger partial charge in [-0.2, -0.15) is 0 Å². The first kappa shape index (κ1) is 36.1. The van der Waals surface area contributed by atoms with E-state index in [1.54, 1.807) is 0 Å². The summed E-state index contributed by atoms with van der Waals surface area (Å²) < 4.78 is 32.4. The predicted molar refractivity (Wildman–Crippen MR) is 193 cm³/mol. The number of hydrogen-bond acceptors (Lipinski definition) is 6. The summed E-state index contributed by atoms with van der Waals surface area (Å²) >= 11 is 0. The van der Waals surface area contributed by atoms with Crippen LogP contribution in [0.2, 0.25) is 5.04 Å². The molecule has 1 aliphatic carbocycles. The molecule has 0 unspecified atom stereocenters. The van der Waals surface area contributed by atoms with E-state index < -0.39 is 14.1 Å². The van der Waals surface area contributed by atoms with Crippen molar-refractivity contribution in [3.63, 3.8) is 0 Å². The minimum absolute atomic E-state index is 0.0222. The van der Waals surface area contributed by atoms with Crippen LogP contribution in [0.5, 0.6) is 0 Å². The van der Waals surface area contributed by atoms with Gasteiger partial charge in [-0.15, -0.1) is 0 Å². The van der Waals surface area contributed by atoms with Gasteiger partial charge >= 0.3 is 14.3 Å². The van der Waals surface area contributed by atoms with Gasteiger partial charge in [0.2, 0.25) is 0 Å². The average molecular weight is 671 g/mol. The Morgan fingerprint density at radius 1 is 0.875 bits per heavy atom. The van der Waals surface area contributed by atoms with Crippen LogP contribution in [0.25, 0.3) is 0 Å². The van der Waals surface area contributed by atoms with E-state index in [9.17, 15) is 4.79 Å². The number of ether oxygens (including phenoxy) is 4. The second-order valence-electron chi connectivity index (χ2n) is 14.8. The van der Waals surface area contributed by atoms with E-state index in [0.29, 0.717) is 39.5 Å². The lowest BCUT2D eigenvalue weighted by Gasteiger charge is -2.50. The fraction of sp³-hybridized carbons (Fsp3) is 0.488. The maximum absolute atomic E-state index is 13.8. The molecule has 0 aromatic heterocycles. The van der Waals surface area contributed by atoms with Gasteiger partial charge in [0.05, 0.1) is 38.1 Å². The molecule has 0 amide bonds. The van der Waals surface area contributed by atoms with E-state index in [1.807, 2.05) is 39.0 Å². The number of carbonyl (C=O) groups excluding carboxylic acids is 1. The maximum Gasteiger partial charge on any atom is 0.319 e. The van der Waals surface area contributed by atoms with Crippen molar-refractivity contribution in [1.82, 2.24) is 0 Å². The highest BCUT2D eigenvalue weighted by molar-refractivity contribution is 6.99. The van der Waals surface area contributed by atoms with Crippen LogP contribution < -0.4 is 10.4 Å². The molecular weight excluding hydrogens is 617 g/mol. The van der Waals surface area contributed by atoms with Crippen LogP contribution in [0, 0.1) is 29.6 Å². The molecule has 48 heavy (non-hydrogen) atoms. The van der Waals surface area contributed by atoms with Crippen LogP contribution >= 0.6 is 0 Å². The lowest BCUT2D eigenvalue weighted by molar-refractivity contribution is -0.270. The summed E-state index contributed by atoms with van der Waals surface area (Å²) in [6, 6.07) is 31.7. The summed E-state index contributed by atoms with van der Waals surface area (Å²) in [4.78, 5) is 13.8. The van der Waals surface area contributed by atoms with Gasteiger partial charge in [0.15, 0.2) is 5.79 Å². The zero-order valence-corrected chi connectivity index (χ0v) is 30.8. The normalized spacial score (nSPS) is 23.3. The summed E-state index contributed by atoms with van der Waals surface area (Å²) in [6.45, 7) is 17.2. The first-order valence-electron chi connectivity index (χ1n) is 17.5. The van der Waals surface area contributed by atoms with E-state index in [-0.39, 0.29) is 40.6 Å². The molecular formula is C41H54O6Si. The Morgan fingerprint density at radius 3 is 1.94 bits per heavy atom. The van der Waals surface area contributed by atoms with Crippen molar-refractivity contribution in [3.05, 3.63) is 108 Å². The highest BCUT2D eigenvalue weighted by Gasteiger charge is 2.56. The highest BCUT2D eigenvalue weighted by atomic mass is 28.4. The average Bonchev–Trinajstić information content (AvgIpc) is 3.06. The molecule has 0 saturated carbocycles. The maximum atomic E-state index is 13.8. The lowest BCUT2D eigenvalue weighted by atomic mass is 9.65. The number of esters is 1. The van der Waals surface area contributed by atoms with Crippen molar-refractivity contribution in [2.24, 2.45) is 29.6 Å². The molecule has 3 aromatic rings. The molecule has 7 heteroatoms. The van der Waals surface area contributed by atoms with Gasteiger partial charge in [-0.25, -0.2) is 0 Å². The lowest BCUT2D eigenvalue weighted by Crippen LogP contribution is -2.67. The van der Waals surface area contributed by atoms with E-state index >= 15 is 0 Å². The SMILES string of the molecule is CCOC(=O)[C@@H]1[C@@H](CCOCc2ccccc2)[C@@H](C2COC(C)(C)OC2)C(O[Si](c2ccccc2)(c2ccccc2)C(C)(C)C)=C[C@H]1C. The minimum Gasteiger partial charge on any atom is -0.537 e. The summed E-state index contributed by atoms with van der Waals surface area (Å²) in [7, 11) is -2.97. The molecule has 0 spiro atoms. The summed E-state index contributed by atoms with van der Waals surface area (Å²) in [5.74, 6) is -0.628. The van der Waals surface area contributed by atoms with Crippen LogP contribution in [0.3, 0.4) is 0 Å². The smallest absolute Gasteiger partial charge is 0.319 e. The second-order valence-corrected chi connectivity index (χ2v) is 19.0. The van der Waals surface area contributed by atoms with E-state index in [0.717, 1.165) is 11.3 Å². The minimum atomic E-state index is -2.97. The van der Waals surface area contributed by atoms with E-state index in [1.165, 1.54) is 10.4 Å². The zero-order valence-electron chi connectivity index (χ0n) is 29.8. The molecule has 5 rings (SSSR count). The number of carbonyl (C=O) groups is 1. The van der Waals surface area contributed by atoms with E-state index in [4.69, 9.17) is 23.4 Å². The highest BCUT2D eigenvalue weighted by Crippen LogP contribution is 2.49. The molecule has 1 heterocycles. The van der Waals surface area contributed by atoms with Gasteiger partial charge in [0, 0.05) is 18.4 Å². The van der Waals surface area contributed by atoms with Gasteiger partial charge in [0.25, 0.3) is 0 Å². The van der Waals surface area contributed by atoms with Crippen molar-refractivity contribution >= 4 is 24.7 Å². The Hall–Kier alpha value is -3.23. The fourth-order valence-electron chi connectivity index (χ4n) is 7.69. The molecule has 4 atom stereocenters. The van der Waals surface area contributed by atoms with Crippen molar-refractivity contribution in [3.8, 4) is 0 Å². The fourth-order valence-corrected chi connectivity index (χ4v) is 12.2. The topological polar surface area (TPSA) is 63.2 Å². The molecule has 1 fully saturated rings. The molecule has 2 aliphatic rings. The molecule has 0 bridgehead atoms. The monoisotopic (exact) mass is 670 g/mol. The quantitative estimate of drug-likeness (QED) is 0.113. The molecule has 3 aromatic carbocycles. The standard InChI is InChI=1S/C41H54O6Si/c1-8-44-39(42)37-30(2)26-36(47-48(40(3,4)5,33-20-14-10-15-21-33)34-22-16-11-17-23-34)38(32-28-45-41(6,7)46-29-32)35(37)24-25-43-27-31-18-12-9-13-19-31/h9-23,26,30,32,35,37-38H,8,24-25,27-29H2,1-7H3/t30-,35-,37+,38-/m1/s1. The molecule has 0 N–H and O–H groups in total. The molecule has 6 nitrogen and oxygen atoms in total. The predicted octanol–water partition coefficient (Wildman–Crippen LogP) is 7.51. The molecule has 258 valence electrons. The first-order valence-corrected chi connectivity index (χ1v) is 19.5. The van der Waals surface area contributed by atoms with Gasteiger partial charge in [-0.05, 0) is 66.1 Å². The Labute approximate surface area is 288 Å². The Balaban J connectivity index is 1.60. The Kier molecular flexibility index (Phi) is 11.7. The molecule has 1 aliphatic heterocycles. The number of rotatable bonds is 12. The van der Waals surface area contributed by atoms with Gasteiger partial charge < -0.3 is 23.4 Å². The van der Waals surface area contributed by atoms with Crippen molar-refractivity contribution in [1.29, 1.82) is 0 Å². The van der Waals surface area contributed by atoms with Crippen LogP contribution in [-0.2, 0) is 34.8 Å². The van der Waals surface area contributed by atoms with Crippen molar-refractivity contribution < 1.29 is 28.2 Å². The van der Waals surface area contributed by atoms with Crippen LogP contribution in [0.15, 0.2) is 103 Å². The summed E-state index contributed by atoms with van der Waals surface area (Å²) in [5.41, 5.74) is 1.12. The van der Waals surface area contributed by atoms with Gasteiger partial charge in [-0.1, -0.05) is 119 Å². The largest absolute Gasteiger partial charge is 0.537 e. The zero-order chi connectivity index (χ0) is 34.4. The van der Waals surface area contributed by atoms with Crippen molar-refractivity contribution in [2.45, 2.75) is 72.3 Å². The van der Waals surface area contributed by atoms with Crippen LogP contribution in [-0.4, -0.2) is 46.5 Å². The second kappa shape index (κ2) is 15.5. The summed E-state index contributed by atoms with van der Waals surface area (Å²) in [5, 5.41) is 2.20. The molecule has 0 radical (unpaired) electrons. The number of hydrogen-bond donors (Lipinski definition) is 0. The first-order chi connectivity index (χ1) is 23.0. The van der Waals surface area contributed by atoms with Crippen molar-refractivity contribution in [2.75, 3.05) is 26.4 Å². The number of benzene rings is 3. The third-order valence-electron chi connectivity index (χ3n) is 10.00. The van der Waals surface area contributed by atoms with Crippen LogP contribution in [0.1, 0.15) is 60.5 Å². The Morgan fingerprint density at radius 2 is 1.42 bits per heavy atom. The third-order valence-corrected chi connectivity index (χ3v) is 14.9. The van der Waals surface area contributed by atoms with Gasteiger partial charge in [0.1, 0.15) is 0 Å². The molecule has 1 saturated heterocycles. The third kappa shape index (κ3) is 7.97. The summed E-state index contributed by atoms with van der Waals surface area (Å²) in [6.07, 6.45) is 2.89. The van der Waals surface area contributed by atoms with Gasteiger partial charge in [-0.3, -0.25) is 4.79 Å². The number of allylic oxidation sites excluding steroid dienone is 2. The van der Waals surface area contributed by atoms with E-state index in [2.05, 4.69) is 107 Å². The van der Waals surface area contributed by atoms with Crippen LogP contribution in [0.4, 0.5) is 0 Å².